The van der Waals surface area contributed by atoms with Gasteiger partial charge in [0, 0.05) is 6.54 Å². The lowest BCUT2D eigenvalue weighted by Gasteiger charge is -2.16. The first-order valence-corrected chi connectivity index (χ1v) is 5.44. The van der Waals surface area contributed by atoms with Crippen LogP contribution in [0.5, 0.6) is 0 Å². The van der Waals surface area contributed by atoms with Crippen LogP contribution in [0.2, 0.25) is 0 Å². The van der Waals surface area contributed by atoms with Crippen LogP contribution in [0.1, 0.15) is 0 Å². The number of aliphatic carboxylic acids is 2. The van der Waals surface area contributed by atoms with Crippen LogP contribution in [0.25, 0.3) is 0 Å². The minimum atomic E-state index is -1.82. The Hall–Kier alpha value is -0.400. The summed E-state index contributed by atoms with van der Waals surface area (Å²) >= 11 is 8.39. The fourth-order valence-corrected chi connectivity index (χ4v) is 1.38. The second-order valence-corrected chi connectivity index (χ2v) is 3.83. The van der Waals surface area contributed by atoms with E-state index in [2.05, 4.69) is 44.3 Å². The molecule has 0 aliphatic rings. The quantitative estimate of drug-likeness (QED) is 0.426. The third kappa shape index (κ3) is 13.6. The maximum absolute atomic E-state index is 9.10. The number of carbonyl (C=O) groups is 2. The van der Waals surface area contributed by atoms with Crippen molar-refractivity contribution in [3.05, 3.63) is 0 Å². The second kappa shape index (κ2) is 10.1. The molecule has 5 nitrogen and oxygen atoms in total. The Kier molecular flexibility index (Phi) is 11.5. The smallest absolute Gasteiger partial charge is 0.414 e. The van der Waals surface area contributed by atoms with Crippen molar-refractivity contribution >= 4 is 37.2 Å². The van der Waals surface area contributed by atoms with Crippen LogP contribution in [0.4, 0.5) is 0 Å². The molecule has 7 heteroatoms. The molecule has 0 fully saturated rings. The van der Waals surface area contributed by atoms with Gasteiger partial charge in [-0.1, -0.05) is 0 Å². The molecule has 0 aromatic heterocycles. The zero-order chi connectivity index (χ0) is 12.4. The van der Waals surface area contributed by atoms with Crippen molar-refractivity contribution in [2.75, 3.05) is 32.1 Å². The molecule has 0 atom stereocenters. The van der Waals surface area contributed by atoms with Crippen LogP contribution in [0.3, 0.4) is 0 Å². The van der Waals surface area contributed by atoms with Crippen molar-refractivity contribution in [2.24, 2.45) is 5.92 Å². The van der Waals surface area contributed by atoms with Crippen molar-refractivity contribution in [3.8, 4) is 0 Å². The predicted molar refractivity (Wildman–Crippen MR) is 65.0 cm³/mol. The van der Waals surface area contributed by atoms with Gasteiger partial charge < -0.3 is 15.1 Å². The van der Waals surface area contributed by atoms with Crippen molar-refractivity contribution in [3.63, 3.8) is 0 Å². The van der Waals surface area contributed by atoms with E-state index in [1.807, 2.05) is 0 Å². The molecule has 0 radical (unpaired) electrons. The van der Waals surface area contributed by atoms with Crippen LogP contribution >= 0.6 is 25.3 Å². The van der Waals surface area contributed by atoms with E-state index in [1.165, 1.54) is 0 Å². The van der Waals surface area contributed by atoms with E-state index in [4.69, 9.17) is 19.8 Å². The number of thiol groups is 2. The molecule has 0 saturated carbocycles. The number of carboxylic acid groups (broad SMARTS) is 2. The molecule has 15 heavy (non-hydrogen) atoms. The summed E-state index contributed by atoms with van der Waals surface area (Å²) in [7, 11) is 4.14. The topological polar surface area (TPSA) is 77.8 Å². The van der Waals surface area contributed by atoms with E-state index in [0.29, 0.717) is 5.92 Å². The van der Waals surface area contributed by atoms with Crippen LogP contribution in [0, 0.1) is 5.92 Å². The zero-order valence-electron chi connectivity index (χ0n) is 8.75. The van der Waals surface area contributed by atoms with Crippen molar-refractivity contribution in [1.82, 2.24) is 4.90 Å². The van der Waals surface area contributed by atoms with E-state index in [0.717, 1.165) is 18.1 Å². The lowest BCUT2D eigenvalue weighted by Crippen LogP contribution is -2.23. The lowest BCUT2D eigenvalue weighted by molar-refractivity contribution is -0.159. The Morgan fingerprint density at radius 2 is 1.47 bits per heavy atom. The highest BCUT2D eigenvalue weighted by Gasteiger charge is 2.04. The number of rotatable bonds is 4. The van der Waals surface area contributed by atoms with Gasteiger partial charge in [-0.05, 0) is 31.5 Å². The molecule has 0 spiro atoms. The summed E-state index contributed by atoms with van der Waals surface area (Å²) in [6.45, 7) is 1.09. The zero-order valence-corrected chi connectivity index (χ0v) is 10.5. The number of carboxylic acids is 2. The normalized spacial score (nSPS) is 9.73. The minimum absolute atomic E-state index is 0.631. The summed E-state index contributed by atoms with van der Waals surface area (Å²) in [6.07, 6.45) is 0. The highest BCUT2D eigenvalue weighted by molar-refractivity contribution is 7.81. The molecule has 0 unspecified atom stereocenters. The van der Waals surface area contributed by atoms with Crippen LogP contribution < -0.4 is 0 Å². The molecule has 0 aromatic carbocycles. The summed E-state index contributed by atoms with van der Waals surface area (Å²) in [5.74, 6) is -1.15. The minimum Gasteiger partial charge on any atom is -0.473 e. The summed E-state index contributed by atoms with van der Waals surface area (Å²) in [4.78, 5) is 20.4. The predicted octanol–water partition coefficient (Wildman–Crippen LogP) is 0.179. The van der Waals surface area contributed by atoms with Gasteiger partial charge in [-0.15, -0.1) is 0 Å². The Morgan fingerprint density at radius 1 is 1.13 bits per heavy atom. The van der Waals surface area contributed by atoms with Crippen LogP contribution in [0.15, 0.2) is 0 Å². The van der Waals surface area contributed by atoms with Gasteiger partial charge in [-0.25, -0.2) is 9.59 Å². The molecule has 0 rings (SSSR count). The third-order valence-corrected chi connectivity index (χ3v) is 2.36. The molecule has 2 N–H and O–H groups in total. The van der Waals surface area contributed by atoms with Crippen LogP contribution in [-0.4, -0.2) is 59.2 Å². The van der Waals surface area contributed by atoms with Gasteiger partial charge in [0.2, 0.25) is 0 Å². The Balaban J connectivity index is 0. The molecule has 0 aliphatic heterocycles. The Labute approximate surface area is 100 Å². The largest absolute Gasteiger partial charge is 0.473 e. The molecular weight excluding hydrogens is 238 g/mol. The average Bonchev–Trinajstić information content (AvgIpc) is 2.14. The maximum Gasteiger partial charge on any atom is 0.414 e. The van der Waals surface area contributed by atoms with E-state index >= 15 is 0 Å². The van der Waals surface area contributed by atoms with Gasteiger partial charge in [0.15, 0.2) is 0 Å². The summed E-state index contributed by atoms with van der Waals surface area (Å²) in [5, 5.41) is 14.8. The SMILES string of the molecule is CN(C)CC(CS)CS.O=C(O)C(=O)O. The van der Waals surface area contributed by atoms with Gasteiger partial charge in [0.05, 0.1) is 0 Å². The van der Waals surface area contributed by atoms with E-state index in [1.54, 1.807) is 0 Å². The maximum atomic E-state index is 9.10. The average molecular weight is 255 g/mol. The first-order chi connectivity index (χ1) is 6.84. The molecule has 0 bridgehead atoms. The van der Waals surface area contributed by atoms with E-state index in [-0.39, 0.29) is 0 Å². The Bertz CT molecular complexity index is 183. The van der Waals surface area contributed by atoms with E-state index in [9.17, 15) is 0 Å². The van der Waals surface area contributed by atoms with Crippen molar-refractivity contribution in [2.45, 2.75) is 0 Å². The van der Waals surface area contributed by atoms with Gasteiger partial charge >= 0.3 is 11.9 Å². The lowest BCUT2D eigenvalue weighted by atomic mass is 10.2. The number of hydrogen-bond acceptors (Lipinski definition) is 5. The second-order valence-electron chi connectivity index (χ2n) is 3.10. The Morgan fingerprint density at radius 3 is 1.53 bits per heavy atom. The van der Waals surface area contributed by atoms with Gasteiger partial charge in [-0.2, -0.15) is 25.3 Å². The third-order valence-electron chi connectivity index (χ3n) is 1.32. The summed E-state index contributed by atoms with van der Waals surface area (Å²) < 4.78 is 0. The highest BCUT2D eigenvalue weighted by atomic mass is 32.1. The first kappa shape index (κ1) is 17.0. The summed E-state index contributed by atoms with van der Waals surface area (Å²) in [6, 6.07) is 0. The standard InChI is InChI=1S/C6H15NS2.C2H2O4/c1-7(2)3-6(4-8)5-9;3-1(4)2(5)6/h6,8-9H,3-5H2,1-2H3;(H,3,4)(H,5,6). The van der Waals surface area contributed by atoms with E-state index < -0.39 is 11.9 Å². The number of nitrogens with zero attached hydrogens (tertiary/aromatic N) is 1. The molecule has 0 heterocycles. The van der Waals surface area contributed by atoms with Crippen molar-refractivity contribution < 1.29 is 19.8 Å². The van der Waals surface area contributed by atoms with Crippen molar-refractivity contribution in [1.29, 1.82) is 0 Å². The molecule has 0 aromatic rings. The first-order valence-electron chi connectivity index (χ1n) is 4.17. The highest BCUT2D eigenvalue weighted by Crippen LogP contribution is 2.02. The number of hydrogen-bond donors (Lipinski definition) is 4. The monoisotopic (exact) mass is 255 g/mol. The molecule has 0 amide bonds. The molecule has 0 saturated heterocycles. The fraction of sp³-hybridized carbons (Fsp3) is 0.750. The summed E-state index contributed by atoms with van der Waals surface area (Å²) in [5.41, 5.74) is 0. The molecule has 90 valence electrons. The van der Waals surface area contributed by atoms with Crippen LogP contribution in [-0.2, 0) is 9.59 Å². The molecular formula is C8H17NO4S2. The van der Waals surface area contributed by atoms with Gasteiger partial charge in [0.25, 0.3) is 0 Å². The van der Waals surface area contributed by atoms with Gasteiger partial charge in [0.1, 0.15) is 0 Å². The molecule has 0 aliphatic carbocycles. The van der Waals surface area contributed by atoms with Gasteiger partial charge in [-0.3, -0.25) is 0 Å². The fourth-order valence-electron chi connectivity index (χ4n) is 0.690.